The zero-order valence-electron chi connectivity index (χ0n) is 26.2. The van der Waals surface area contributed by atoms with Crippen LogP contribution in [-0.4, -0.2) is 69.9 Å². The van der Waals surface area contributed by atoms with Gasteiger partial charge in [0, 0.05) is 18.8 Å². The Bertz CT molecular complexity index is 1420. The third-order valence-electron chi connectivity index (χ3n) is 9.16. The van der Waals surface area contributed by atoms with E-state index < -0.39 is 60.4 Å². The maximum atomic E-state index is 15.6. The summed E-state index contributed by atoms with van der Waals surface area (Å²) in [6, 6.07) is 0.984. The molecule has 13 heteroatoms. The molecule has 9 nitrogen and oxygen atoms in total. The number of hydrogen-bond donors (Lipinski definition) is 2. The average molecular weight is 636 g/mol. The number of benzene rings is 1. The van der Waals surface area contributed by atoms with Crippen LogP contribution in [0, 0.1) is 30.5 Å². The molecule has 4 atom stereocenters. The Morgan fingerprint density at radius 3 is 2.29 bits per heavy atom. The summed E-state index contributed by atoms with van der Waals surface area (Å²) in [6.45, 7) is 7.53. The summed E-state index contributed by atoms with van der Waals surface area (Å²) in [5.74, 6) is -3.21. The van der Waals surface area contributed by atoms with Crippen molar-refractivity contribution in [3.05, 3.63) is 47.0 Å². The number of morpholine rings is 1. The van der Waals surface area contributed by atoms with Crippen LogP contribution in [0.1, 0.15) is 87.0 Å². The van der Waals surface area contributed by atoms with Gasteiger partial charge in [0.2, 0.25) is 11.8 Å². The number of alkyl halides is 3. The number of hydrogen-bond acceptors (Lipinski definition) is 5. The molecule has 1 aromatic carbocycles. The van der Waals surface area contributed by atoms with Gasteiger partial charge in [0.1, 0.15) is 17.6 Å². The molecule has 45 heavy (non-hydrogen) atoms. The molecule has 2 saturated carbocycles. The van der Waals surface area contributed by atoms with Gasteiger partial charge in [-0.3, -0.25) is 19.1 Å². The number of anilines is 1. The summed E-state index contributed by atoms with van der Waals surface area (Å²) < 4.78 is 63.4. The minimum absolute atomic E-state index is 0.0773. The lowest BCUT2D eigenvalue weighted by molar-refractivity contribution is -0.221. The number of aromatic nitrogens is 2. The lowest BCUT2D eigenvalue weighted by Crippen LogP contribution is -2.58. The highest BCUT2D eigenvalue weighted by Gasteiger charge is 2.50. The number of rotatable bonds is 10. The maximum absolute atomic E-state index is 15.6. The first-order valence-corrected chi connectivity index (χ1v) is 15.6. The number of amides is 3. The Balaban J connectivity index is 1.36. The molecule has 3 amide bonds. The van der Waals surface area contributed by atoms with Crippen molar-refractivity contribution in [2.24, 2.45) is 17.8 Å². The van der Waals surface area contributed by atoms with Crippen LogP contribution in [-0.2, 0) is 14.3 Å². The highest BCUT2D eigenvalue weighted by molar-refractivity contribution is 6.01. The van der Waals surface area contributed by atoms with Crippen LogP contribution in [0.2, 0.25) is 0 Å². The Labute approximate surface area is 260 Å². The second-order valence-corrected chi connectivity index (χ2v) is 13.0. The molecule has 2 aliphatic carbocycles. The van der Waals surface area contributed by atoms with Gasteiger partial charge < -0.3 is 20.3 Å². The fourth-order valence-electron chi connectivity index (χ4n) is 6.52. The molecule has 1 saturated heterocycles. The van der Waals surface area contributed by atoms with Crippen LogP contribution in [0.25, 0.3) is 0 Å². The van der Waals surface area contributed by atoms with E-state index in [-0.39, 0.29) is 41.6 Å². The molecule has 1 aromatic heterocycles. The molecule has 1 aliphatic heterocycles. The van der Waals surface area contributed by atoms with E-state index in [2.05, 4.69) is 15.7 Å². The van der Waals surface area contributed by atoms with E-state index in [1.54, 1.807) is 24.6 Å². The largest absolute Gasteiger partial charge is 0.411 e. The Morgan fingerprint density at radius 1 is 1.07 bits per heavy atom. The van der Waals surface area contributed by atoms with Crippen molar-refractivity contribution in [1.29, 1.82) is 0 Å². The third-order valence-corrected chi connectivity index (χ3v) is 9.16. The molecule has 246 valence electrons. The first-order valence-electron chi connectivity index (χ1n) is 15.6. The van der Waals surface area contributed by atoms with Crippen LogP contribution >= 0.6 is 0 Å². The van der Waals surface area contributed by atoms with Crippen molar-refractivity contribution in [1.82, 2.24) is 20.0 Å². The summed E-state index contributed by atoms with van der Waals surface area (Å²) in [5.41, 5.74) is 0.836. The van der Waals surface area contributed by atoms with Gasteiger partial charge in [-0.25, -0.2) is 4.39 Å². The van der Waals surface area contributed by atoms with E-state index in [4.69, 9.17) is 4.74 Å². The van der Waals surface area contributed by atoms with Crippen LogP contribution in [0.3, 0.4) is 0 Å². The normalized spacial score (nSPS) is 22.0. The van der Waals surface area contributed by atoms with Crippen LogP contribution in [0.15, 0.2) is 24.4 Å². The zero-order valence-corrected chi connectivity index (χ0v) is 26.2. The molecule has 3 fully saturated rings. The van der Waals surface area contributed by atoms with Gasteiger partial charge in [-0.15, -0.1) is 0 Å². The van der Waals surface area contributed by atoms with Crippen molar-refractivity contribution in [3.8, 4) is 0 Å². The molecular formula is C32H41F4N5O4. The summed E-state index contributed by atoms with van der Waals surface area (Å²) >= 11 is 0. The fraction of sp³-hybridized carbons (Fsp3) is 0.625. The van der Waals surface area contributed by atoms with Crippen molar-refractivity contribution in [2.75, 3.05) is 18.5 Å². The molecule has 3 aliphatic rings. The topological polar surface area (TPSA) is 106 Å². The predicted octanol–water partition coefficient (Wildman–Crippen LogP) is 5.37. The summed E-state index contributed by atoms with van der Waals surface area (Å²) in [5, 5.41) is 9.81. The van der Waals surface area contributed by atoms with Gasteiger partial charge in [-0.1, -0.05) is 0 Å². The van der Waals surface area contributed by atoms with E-state index >= 15 is 4.39 Å². The second-order valence-electron chi connectivity index (χ2n) is 13.0. The Morgan fingerprint density at radius 2 is 1.71 bits per heavy atom. The van der Waals surface area contributed by atoms with Crippen molar-refractivity contribution >= 4 is 23.4 Å². The minimum atomic E-state index is -4.68. The number of ether oxygens (including phenoxy) is 1. The first-order chi connectivity index (χ1) is 21.2. The number of halogens is 4. The SMILES string of the molecule is Cc1cc(NC(=O)[C@@H](NC(=O)c2ccnn2C(C)C)C(C2CC2)C2CC2)c(F)cc1C(C)C(=O)N1CC(C)OCC1C(F)(F)F. The number of carbonyl (C=O) groups excluding carboxylic acids is 3. The van der Waals surface area contributed by atoms with E-state index in [1.165, 1.54) is 19.2 Å². The van der Waals surface area contributed by atoms with Gasteiger partial charge in [0.15, 0.2) is 6.04 Å². The van der Waals surface area contributed by atoms with E-state index in [1.807, 2.05) is 13.8 Å². The molecule has 5 rings (SSSR count). The zero-order chi connectivity index (χ0) is 32.8. The van der Waals surface area contributed by atoms with Crippen molar-refractivity contribution in [2.45, 2.75) is 96.6 Å². The Kier molecular flexibility index (Phi) is 9.30. The van der Waals surface area contributed by atoms with Gasteiger partial charge >= 0.3 is 6.18 Å². The quantitative estimate of drug-likeness (QED) is 0.342. The monoisotopic (exact) mass is 635 g/mol. The van der Waals surface area contributed by atoms with Crippen molar-refractivity contribution in [3.63, 3.8) is 0 Å². The molecule has 2 heterocycles. The first kappa shape index (κ1) is 32.9. The smallest absolute Gasteiger partial charge is 0.374 e. The molecule has 0 bridgehead atoms. The second kappa shape index (κ2) is 12.7. The van der Waals surface area contributed by atoms with E-state index in [0.717, 1.165) is 36.6 Å². The standard InChI is InChI=1S/C32H41F4N5O4/c1-16(2)41-25(10-11-37-41)29(42)39-28(27(20-6-7-20)21-8-9-21)30(43)38-24-12-17(3)22(13-23(24)33)19(5)31(44)40-14-18(4)45-15-26(40)32(34,35)36/h10-13,16,18-21,26-28H,6-9,14-15H2,1-5H3,(H,38,43)(H,39,42)/t18?,19?,26?,28-/m0/s1. The Hall–Kier alpha value is -3.48. The summed E-state index contributed by atoms with van der Waals surface area (Å²) in [6.07, 6.45) is 0.0861. The van der Waals surface area contributed by atoms with Gasteiger partial charge in [-0.2, -0.15) is 18.3 Å². The highest BCUT2D eigenvalue weighted by Crippen LogP contribution is 2.51. The van der Waals surface area contributed by atoms with E-state index in [0.29, 0.717) is 11.3 Å². The molecule has 0 spiro atoms. The summed E-state index contributed by atoms with van der Waals surface area (Å²) in [4.78, 5) is 41.3. The number of aryl methyl sites for hydroxylation is 1. The third kappa shape index (κ3) is 7.18. The average Bonchev–Trinajstić information content (AvgIpc) is 3.92. The van der Waals surface area contributed by atoms with Gasteiger partial charge in [-0.05, 0) is 107 Å². The van der Waals surface area contributed by atoms with Crippen molar-refractivity contribution < 1.29 is 36.7 Å². The summed E-state index contributed by atoms with van der Waals surface area (Å²) in [7, 11) is 0. The van der Waals surface area contributed by atoms with Crippen LogP contribution < -0.4 is 10.6 Å². The lowest BCUT2D eigenvalue weighted by Gasteiger charge is -2.40. The number of nitrogens with zero attached hydrogens (tertiary/aromatic N) is 3. The number of carbonyl (C=O) groups is 3. The molecule has 2 aromatic rings. The fourth-order valence-corrected chi connectivity index (χ4v) is 6.52. The maximum Gasteiger partial charge on any atom is 0.411 e. The molecule has 3 unspecified atom stereocenters. The van der Waals surface area contributed by atoms with Crippen LogP contribution in [0.5, 0.6) is 0 Å². The minimum Gasteiger partial charge on any atom is -0.374 e. The predicted molar refractivity (Wildman–Crippen MR) is 158 cm³/mol. The number of nitrogens with one attached hydrogen (secondary N) is 2. The van der Waals surface area contributed by atoms with Gasteiger partial charge in [0.25, 0.3) is 5.91 Å². The van der Waals surface area contributed by atoms with Crippen LogP contribution in [0.4, 0.5) is 23.2 Å². The lowest BCUT2D eigenvalue weighted by atomic mass is 9.88. The highest BCUT2D eigenvalue weighted by atomic mass is 19.4. The van der Waals surface area contributed by atoms with E-state index in [9.17, 15) is 27.6 Å². The molecule has 0 radical (unpaired) electrons. The molecular weight excluding hydrogens is 594 g/mol. The molecule has 2 N–H and O–H groups in total. The van der Waals surface area contributed by atoms with Gasteiger partial charge in [0.05, 0.1) is 24.3 Å².